The first-order chi connectivity index (χ1) is 12.3. The number of aromatic nitrogens is 3. The van der Waals surface area contributed by atoms with Crippen molar-refractivity contribution in [2.75, 3.05) is 38.3 Å². The largest absolute Gasteiger partial charge is 0.480 e. The predicted molar refractivity (Wildman–Crippen MR) is 92.3 cm³/mol. The Kier molecular flexibility index (Phi) is 4.15. The molecule has 25 heavy (non-hydrogen) atoms. The molecule has 0 spiro atoms. The van der Waals surface area contributed by atoms with Crippen LogP contribution in [-0.4, -0.2) is 48.4 Å². The van der Waals surface area contributed by atoms with Gasteiger partial charge in [-0.1, -0.05) is 18.2 Å². The molecule has 0 bridgehead atoms. The fraction of sp³-hybridized carbons (Fsp3) is 0.278. The zero-order valence-corrected chi connectivity index (χ0v) is 13.8. The Hall–Kier alpha value is -2.80. The minimum absolute atomic E-state index is 0.281. The van der Waals surface area contributed by atoms with Crippen LogP contribution in [0, 0.1) is 5.82 Å². The van der Waals surface area contributed by atoms with E-state index < -0.39 is 5.82 Å². The summed E-state index contributed by atoms with van der Waals surface area (Å²) in [4.78, 5) is 15.0. The maximum atomic E-state index is 14.3. The number of halogens is 1. The van der Waals surface area contributed by atoms with Gasteiger partial charge in [-0.3, -0.25) is 0 Å². The zero-order chi connectivity index (χ0) is 17.2. The first-order valence-corrected chi connectivity index (χ1v) is 8.05. The molecule has 1 fully saturated rings. The molecule has 3 aromatic rings. The van der Waals surface area contributed by atoms with Crippen LogP contribution in [0.4, 0.5) is 10.2 Å². The summed E-state index contributed by atoms with van der Waals surface area (Å²) in [7, 11) is 1.55. The number of morpholine rings is 1. The molecule has 6 nitrogen and oxygen atoms in total. The van der Waals surface area contributed by atoms with E-state index in [0.717, 1.165) is 10.9 Å². The number of hydrogen-bond donors (Lipinski definition) is 0. The molecule has 2 aromatic heterocycles. The van der Waals surface area contributed by atoms with Crippen LogP contribution in [0.3, 0.4) is 0 Å². The molecule has 0 saturated carbocycles. The lowest BCUT2D eigenvalue weighted by molar-refractivity contribution is 0.122. The maximum absolute atomic E-state index is 14.3. The molecule has 128 valence electrons. The molecule has 0 amide bonds. The average Bonchev–Trinajstić information content (AvgIpc) is 2.68. The summed E-state index contributed by atoms with van der Waals surface area (Å²) >= 11 is 0. The van der Waals surface area contributed by atoms with Gasteiger partial charge in [0.15, 0.2) is 17.5 Å². The van der Waals surface area contributed by atoms with Gasteiger partial charge in [0, 0.05) is 18.5 Å². The SMILES string of the molecule is COc1nc2ccccc2cc1-c1ncc(F)c(N2CCOCC2)n1. The molecule has 0 atom stereocenters. The summed E-state index contributed by atoms with van der Waals surface area (Å²) < 4.78 is 25.0. The molecule has 0 N–H and O–H groups in total. The zero-order valence-electron chi connectivity index (χ0n) is 13.8. The highest BCUT2D eigenvalue weighted by molar-refractivity contribution is 5.85. The van der Waals surface area contributed by atoms with E-state index in [4.69, 9.17) is 9.47 Å². The molecule has 0 radical (unpaired) electrons. The normalized spacial score (nSPS) is 14.7. The lowest BCUT2D eigenvalue weighted by atomic mass is 10.1. The van der Waals surface area contributed by atoms with Crippen LogP contribution < -0.4 is 9.64 Å². The van der Waals surface area contributed by atoms with Crippen LogP contribution in [0.25, 0.3) is 22.3 Å². The van der Waals surface area contributed by atoms with Crippen molar-refractivity contribution >= 4 is 16.7 Å². The standard InChI is InChI=1S/C18H17FN4O2/c1-24-18-13(10-12-4-2-3-5-15(12)21-18)16-20-11-14(19)17(22-16)23-6-8-25-9-7-23/h2-5,10-11H,6-9H2,1H3. The molecular weight excluding hydrogens is 323 g/mol. The molecule has 0 aliphatic carbocycles. The summed E-state index contributed by atoms with van der Waals surface area (Å²) in [6.45, 7) is 2.31. The van der Waals surface area contributed by atoms with Gasteiger partial charge < -0.3 is 14.4 Å². The number of nitrogens with zero attached hydrogens (tertiary/aromatic N) is 4. The van der Waals surface area contributed by atoms with E-state index in [-0.39, 0.29) is 5.82 Å². The number of para-hydroxylation sites is 1. The molecule has 7 heteroatoms. The van der Waals surface area contributed by atoms with E-state index in [1.165, 1.54) is 6.20 Å². The van der Waals surface area contributed by atoms with Gasteiger partial charge in [-0.25, -0.2) is 19.3 Å². The quantitative estimate of drug-likeness (QED) is 0.731. The first-order valence-electron chi connectivity index (χ1n) is 8.05. The van der Waals surface area contributed by atoms with Crippen molar-refractivity contribution in [1.29, 1.82) is 0 Å². The van der Waals surface area contributed by atoms with Gasteiger partial charge in [0.2, 0.25) is 5.88 Å². The van der Waals surface area contributed by atoms with Crippen molar-refractivity contribution in [2.45, 2.75) is 0 Å². The number of hydrogen-bond acceptors (Lipinski definition) is 6. The van der Waals surface area contributed by atoms with Crippen molar-refractivity contribution in [2.24, 2.45) is 0 Å². The number of benzene rings is 1. The van der Waals surface area contributed by atoms with E-state index in [2.05, 4.69) is 15.0 Å². The van der Waals surface area contributed by atoms with Gasteiger partial charge in [-0.2, -0.15) is 0 Å². The van der Waals surface area contributed by atoms with Crippen LogP contribution in [0.5, 0.6) is 5.88 Å². The molecule has 1 saturated heterocycles. The number of fused-ring (bicyclic) bond motifs is 1. The molecule has 3 heterocycles. The fourth-order valence-electron chi connectivity index (χ4n) is 2.90. The van der Waals surface area contributed by atoms with Crippen LogP contribution >= 0.6 is 0 Å². The summed E-state index contributed by atoms with van der Waals surface area (Å²) in [6, 6.07) is 9.63. The Balaban J connectivity index is 1.82. The van der Waals surface area contributed by atoms with Crippen LogP contribution in [0.15, 0.2) is 36.5 Å². The monoisotopic (exact) mass is 340 g/mol. The van der Waals surface area contributed by atoms with Crippen LogP contribution in [0.2, 0.25) is 0 Å². The van der Waals surface area contributed by atoms with Gasteiger partial charge in [-0.15, -0.1) is 0 Å². The van der Waals surface area contributed by atoms with E-state index >= 15 is 0 Å². The van der Waals surface area contributed by atoms with Crippen molar-refractivity contribution in [3.8, 4) is 17.3 Å². The minimum atomic E-state index is -0.446. The van der Waals surface area contributed by atoms with Crippen molar-refractivity contribution < 1.29 is 13.9 Å². The highest BCUT2D eigenvalue weighted by Crippen LogP contribution is 2.31. The number of methoxy groups -OCH3 is 1. The third-order valence-electron chi connectivity index (χ3n) is 4.16. The topological polar surface area (TPSA) is 60.4 Å². The number of rotatable bonds is 3. The Labute approximate surface area is 144 Å². The Morgan fingerprint density at radius 2 is 1.96 bits per heavy atom. The van der Waals surface area contributed by atoms with E-state index in [1.807, 2.05) is 35.2 Å². The second-order valence-corrected chi connectivity index (χ2v) is 5.70. The molecule has 1 aliphatic rings. The number of pyridine rings is 1. The highest BCUT2D eigenvalue weighted by atomic mass is 19.1. The highest BCUT2D eigenvalue weighted by Gasteiger charge is 2.20. The average molecular weight is 340 g/mol. The third kappa shape index (κ3) is 2.98. The molecule has 0 unspecified atom stereocenters. The van der Waals surface area contributed by atoms with Crippen LogP contribution in [0.1, 0.15) is 0 Å². The van der Waals surface area contributed by atoms with Gasteiger partial charge in [0.1, 0.15) is 0 Å². The van der Waals surface area contributed by atoms with Crippen molar-refractivity contribution in [3.05, 3.63) is 42.3 Å². The summed E-state index contributed by atoms with van der Waals surface area (Å²) in [5, 5.41) is 0.944. The Bertz CT molecular complexity index is 913. The molecule has 1 aromatic carbocycles. The fourth-order valence-corrected chi connectivity index (χ4v) is 2.90. The van der Waals surface area contributed by atoms with E-state index in [9.17, 15) is 4.39 Å². The molecule has 4 rings (SSSR count). The second kappa shape index (κ2) is 6.60. The van der Waals surface area contributed by atoms with E-state index in [0.29, 0.717) is 43.6 Å². The number of ether oxygens (including phenoxy) is 2. The van der Waals surface area contributed by atoms with E-state index in [1.54, 1.807) is 7.11 Å². The van der Waals surface area contributed by atoms with Crippen molar-refractivity contribution in [1.82, 2.24) is 15.0 Å². The van der Waals surface area contributed by atoms with Gasteiger partial charge in [-0.05, 0) is 12.1 Å². The smallest absolute Gasteiger partial charge is 0.224 e. The van der Waals surface area contributed by atoms with Crippen LogP contribution in [-0.2, 0) is 4.74 Å². The summed E-state index contributed by atoms with van der Waals surface area (Å²) in [5.74, 6) is 0.637. The number of anilines is 1. The summed E-state index contributed by atoms with van der Waals surface area (Å²) in [6.07, 6.45) is 1.20. The first kappa shape index (κ1) is 15.7. The molecular formula is C18H17FN4O2. The second-order valence-electron chi connectivity index (χ2n) is 5.70. The summed E-state index contributed by atoms with van der Waals surface area (Å²) in [5.41, 5.74) is 1.45. The van der Waals surface area contributed by atoms with Gasteiger partial charge in [0.25, 0.3) is 0 Å². The van der Waals surface area contributed by atoms with Gasteiger partial charge >= 0.3 is 0 Å². The van der Waals surface area contributed by atoms with Crippen molar-refractivity contribution in [3.63, 3.8) is 0 Å². The third-order valence-corrected chi connectivity index (χ3v) is 4.16. The van der Waals surface area contributed by atoms with Gasteiger partial charge in [0.05, 0.1) is 37.6 Å². The lowest BCUT2D eigenvalue weighted by Crippen LogP contribution is -2.37. The predicted octanol–water partition coefficient (Wildman–Crippen LogP) is 2.68. The maximum Gasteiger partial charge on any atom is 0.224 e. The Morgan fingerprint density at radius 3 is 2.76 bits per heavy atom. The molecule has 1 aliphatic heterocycles. The lowest BCUT2D eigenvalue weighted by Gasteiger charge is -2.28. The minimum Gasteiger partial charge on any atom is -0.480 e. The Morgan fingerprint density at radius 1 is 1.16 bits per heavy atom.